The number of piperidine rings is 1. The number of rotatable bonds is 3. The van der Waals surface area contributed by atoms with E-state index < -0.39 is 17.6 Å². The first-order valence-electron chi connectivity index (χ1n) is 7.05. The second-order valence-corrected chi connectivity index (χ2v) is 5.83. The Kier molecular flexibility index (Phi) is 4.88. The number of benzene rings is 1. The molecule has 2 atom stereocenters. The van der Waals surface area contributed by atoms with Gasteiger partial charge in [0.2, 0.25) is 0 Å². The smallest absolute Gasteiger partial charge is 0.310 e. The molecule has 6 heteroatoms. The molecule has 1 aromatic carbocycles. The average Bonchev–Trinajstić information content (AvgIpc) is 2.38. The predicted octanol–water partition coefficient (Wildman–Crippen LogP) is 3.27. The molecule has 1 aliphatic rings. The van der Waals surface area contributed by atoms with Crippen molar-refractivity contribution in [3.8, 4) is 0 Å². The number of hydrogen-bond acceptors (Lipinski definition) is 2. The van der Waals surface area contributed by atoms with Crippen LogP contribution in [0.25, 0.3) is 0 Å². The van der Waals surface area contributed by atoms with Gasteiger partial charge in [-0.25, -0.2) is 4.39 Å². The summed E-state index contributed by atoms with van der Waals surface area (Å²) in [5.41, 5.74) is -0.743. The van der Waals surface area contributed by atoms with Crippen LogP contribution in [0.1, 0.15) is 24.5 Å². The molecule has 2 rings (SSSR count). The van der Waals surface area contributed by atoms with E-state index in [0.29, 0.717) is 18.0 Å². The largest absolute Gasteiger partial charge is 0.419 e. The number of alkyl halides is 3. The van der Waals surface area contributed by atoms with E-state index in [1.807, 2.05) is 0 Å². The first kappa shape index (κ1) is 16.2. The molecule has 118 valence electrons. The van der Waals surface area contributed by atoms with Gasteiger partial charge in [-0.05, 0) is 43.6 Å². The molecule has 0 aliphatic carbocycles. The molecule has 1 heterocycles. The summed E-state index contributed by atoms with van der Waals surface area (Å²) in [4.78, 5) is 2.24. The number of halogens is 4. The lowest BCUT2D eigenvalue weighted by Gasteiger charge is -2.35. The zero-order chi connectivity index (χ0) is 15.6. The van der Waals surface area contributed by atoms with Crippen molar-refractivity contribution in [2.75, 3.05) is 20.1 Å². The third-order valence-electron chi connectivity index (χ3n) is 4.01. The van der Waals surface area contributed by atoms with Crippen LogP contribution >= 0.6 is 0 Å². The zero-order valence-electron chi connectivity index (χ0n) is 12.2. The summed E-state index contributed by atoms with van der Waals surface area (Å²) in [6, 6.07) is 3.46. The molecule has 1 aromatic rings. The number of nitrogens with zero attached hydrogens (tertiary/aromatic N) is 1. The van der Waals surface area contributed by atoms with Crippen LogP contribution in [0.4, 0.5) is 17.6 Å². The van der Waals surface area contributed by atoms with Gasteiger partial charge in [0, 0.05) is 19.1 Å². The molecular weight excluding hydrogens is 284 g/mol. The van der Waals surface area contributed by atoms with Crippen molar-refractivity contribution in [1.82, 2.24) is 10.2 Å². The molecule has 0 spiro atoms. The second-order valence-electron chi connectivity index (χ2n) is 5.83. The van der Waals surface area contributed by atoms with Crippen molar-refractivity contribution in [2.24, 2.45) is 5.92 Å². The molecule has 2 unspecified atom stereocenters. The molecule has 0 radical (unpaired) electrons. The van der Waals surface area contributed by atoms with Gasteiger partial charge in [-0.2, -0.15) is 13.2 Å². The third kappa shape index (κ3) is 4.17. The van der Waals surface area contributed by atoms with Crippen LogP contribution in [0, 0.1) is 11.7 Å². The second kappa shape index (κ2) is 6.32. The minimum absolute atomic E-state index is 0.278. The van der Waals surface area contributed by atoms with Crippen LogP contribution in [0.2, 0.25) is 0 Å². The number of hydrogen-bond donors (Lipinski definition) is 1. The van der Waals surface area contributed by atoms with Crippen molar-refractivity contribution >= 4 is 0 Å². The van der Waals surface area contributed by atoms with Crippen LogP contribution in [0.5, 0.6) is 0 Å². The molecule has 0 bridgehead atoms. The standard InChI is InChI=1S/C15H20F4N2/c1-10-9-21(2)6-5-14(10)20-8-11-3-4-13(16)12(7-11)15(17,18)19/h3-4,7,10,14,20H,5-6,8-9H2,1-2H3. The highest BCUT2D eigenvalue weighted by Crippen LogP contribution is 2.32. The fourth-order valence-corrected chi connectivity index (χ4v) is 2.81. The van der Waals surface area contributed by atoms with Gasteiger partial charge in [0.1, 0.15) is 5.82 Å². The van der Waals surface area contributed by atoms with E-state index in [1.54, 1.807) is 0 Å². The molecule has 0 saturated carbocycles. The Morgan fingerprint density at radius 3 is 2.67 bits per heavy atom. The number of nitrogens with one attached hydrogen (secondary N) is 1. The van der Waals surface area contributed by atoms with E-state index in [0.717, 1.165) is 31.6 Å². The van der Waals surface area contributed by atoms with Gasteiger partial charge in [-0.3, -0.25) is 0 Å². The van der Waals surface area contributed by atoms with Gasteiger partial charge < -0.3 is 10.2 Å². The van der Waals surface area contributed by atoms with Crippen molar-refractivity contribution in [3.63, 3.8) is 0 Å². The Morgan fingerprint density at radius 2 is 2.05 bits per heavy atom. The normalized spacial score (nSPS) is 24.3. The van der Waals surface area contributed by atoms with Crippen LogP contribution < -0.4 is 5.32 Å². The fraction of sp³-hybridized carbons (Fsp3) is 0.600. The van der Waals surface area contributed by atoms with Gasteiger partial charge in [-0.1, -0.05) is 13.0 Å². The minimum Gasteiger partial charge on any atom is -0.310 e. The number of likely N-dealkylation sites (tertiary alicyclic amines) is 1. The maximum Gasteiger partial charge on any atom is 0.419 e. The molecule has 0 aromatic heterocycles. The Balaban J connectivity index is 2.01. The summed E-state index contributed by atoms with van der Waals surface area (Å²) in [6.07, 6.45) is -3.69. The molecule has 0 amide bonds. The minimum atomic E-state index is -4.65. The van der Waals surface area contributed by atoms with Crippen LogP contribution in [-0.4, -0.2) is 31.1 Å². The molecule has 2 nitrogen and oxygen atoms in total. The topological polar surface area (TPSA) is 15.3 Å². The zero-order valence-corrected chi connectivity index (χ0v) is 12.2. The highest BCUT2D eigenvalue weighted by Gasteiger charge is 2.34. The summed E-state index contributed by atoms with van der Waals surface area (Å²) >= 11 is 0. The highest BCUT2D eigenvalue weighted by molar-refractivity contribution is 5.27. The van der Waals surface area contributed by atoms with Crippen LogP contribution in [-0.2, 0) is 12.7 Å². The third-order valence-corrected chi connectivity index (χ3v) is 4.01. The average molecular weight is 304 g/mol. The molecule has 1 saturated heterocycles. The van der Waals surface area contributed by atoms with Gasteiger partial charge in [0.15, 0.2) is 0 Å². The van der Waals surface area contributed by atoms with Gasteiger partial charge in [0.05, 0.1) is 5.56 Å². The molecule has 1 aliphatic heterocycles. The lowest BCUT2D eigenvalue weighted by Crippen LogP contribution is -2.46. The van der Waals surface area contributed by atoms with Crippen LogP contribution in [0.15, 0.2) is 18.2 Å². The summed E-state index contributed by atoms with van der Waals surface area (Å²) in [5.74, 6) is -0.787. The fourth-order valence-electron chi connectivity index (χ4n) is 2.81. The van der Waals surface area contributed by atoms with E-state index in [9.17, 15) is 17.6 Å². The SMILES string of the molecule is CC1CN(C)CCC1NCc1ccc(F)c(C(F)(F)F)c1. The molecular formula is C15H20F4N2. The molecule has 1 fully saturated rings. The lowest BCUT2D eigenvalue weighted by atomic mass is 9.94. The predicted molar refractivity (Wildman–Crippen MR) is 73.3 cm³/mol. The Bertz CT molecular complexity index is 487. The van der Waals surface area contributed by atoms with Gasteiger partial charge in [-0.15, -0.1) is 0 Å². The summed E-state index contributed by atoms with van der Waals surface area (Å²) < 4.78 is 51.2. The van der Waals surface area contributed by atoms with Gasteiger partial charge in [0.25, 0.3) is 0 Å². The Hall–Kier alpha value is -1.14. The van der Waals surface area contributed by atoms with Crippen molar-refractivity contribution < 1.29 is 17.6 Å². The first-order chi connectivity index (χ1) is 9.77. The lowest BCUT2D eigenvalue weighted by molar-refractivity contribution is -0.140. The highest BCUT2D eigenvalue weighted by atomic mass is 19.4. The van der Waals surface area contributed by atoms with E-state index >= 15 is 0 Å². The quantitative estimate of drug-likeness (QED) is 0.862. The summed E-state index contributed by atoms with van der Waals surface area (Å²) in [7, 11) is 2.06. The molecule has 21 heavy (non-hydrogen) atoms. The van der Waals surface area contributed by atoms with E-state index in [1.165, 1.54) is 6.07 Å². The summed E-state index contributed by atoms with van der Waals surface area (Å²) in [5, 5.41) is 3.29. The van der Waals surface area contributed by atoms with E-state index in [4.69, 9.17) is 0 Å². The van der Waals surface area contributed by atoms with Crippen molar-refractivity contribution in [1.29, 1.82) is 0 Å². The Labute approximate surface area is 122 Å². The monoisotopic (exact) mass is 304 g/mol. The van der Waals surface area contributed by atoms with Crippen molar-refractivity contribution in [2.45, 2.75) is 32.1 Å². The maximum absolute atomic E-state index is 13.2. The van der Waals surface area contributed by atoms with E-state index in [2.05, 4.69) is 24.2 Å². The van der Waals surface area contributed by atoms with Gasteiger partial charge >= 0.3 is 6.18 Å². The first-order valence-corrected chi connectivity index (χ1v) is 7.05. The maximum atomic E-state index is 13.2. The molecule has 1 N–H and O–H groups in total. The Morgan fingerprint density at radius 1 is 1.33 bits per heavy atom. The van der Waals surface area contributed by atoms with Crippen LogP contribution in [0.3, 0.4) is 0 Å². The summed E-state index contributed by atoms with van der Waals surface area (Å²) in [6.45, 7) is 4.38. The van der Waals surface area contributed by atoms with Crippen molar-refractivity contribution in [3.05, 3.63) is 35.1 Å². The van der Waals surface area contributed by atoms with E-state index in [-0.39, 0.29) is 6.04 Å².